The van der Waals surface area contributed by atoms with Crippen LogP contribution in [0.4, 0.5) is 0 Å². The van der Waals surface area contributed by atoms with Crippen LogP contribution in [0, 0.1) is 0 Å². The van der Waals surface area contributed by atoms with Gasteiger partial charge in [-0.25, -0.2) is 4.98 Å². The number of hydrogen-bond donors (Lipinski definition) is 1. The van der Waals surface area contributed by atoms with Gasteiger partial charge in [-0.05, 0) is 17.5 Å². The van der Waals surface area contributed by atoms with Crippen LogP contribution in [0.5, 0.6) is 0 Å². The smallest absolute Gasteiger partial charge is 0.112 e. The van der Waals surface area contributed by atoms with Gasteiger partial charge in [0.15, 0.2) is 0 Å². The summed E-state index contributed by atoms with van der Waals surface area (Å²) >= 11 is 1.58. The molecule has 3 rings (SSSR count). The van der Waals surface area contributed by atoms with E-state index in [1.54, 1.807) is 17.5 Å². The van der Waals surface area contributed by atoms with Crippen molar-refractivity contribution in [3.05, 3.63) is 88.4 Å². The standard InChI is InChI=1S/C18H18N2OS/c21-20(14-16-9-5-2-6-10-16)17(18-19-11-12-22-18)13-15-7-3-1-4-8-15/h1-12,17,21H,13-14H2/t17-/m0/s1. The Morgan fingerprint density at radius 3 is 2.18 bits per heavy atom. The number of thiazole rings is 1. The minimum absolute atomic E-state index is 0.136. The van der Waals surface area contributed by atoms with Gasteiger partial charge in [0.2, 0.25) is 0 Å². The molecule has 1 N–H and O–H groups in total. The third-order valence-corrected chi connectivity index (χ3v) is 4.43. The zero-order valence-electron chi connectivity index (χ0n) is 12.2. The average molecular weight is 310 g/mol. The molecular formula is C18H18N2OS. The van der Waals surface area contributed by atoms with E-state index in [0.717, 1.165) is 17.0 Å². The van der Waals surface area contributed by atoms with Gasteiger partial charge < -0.3 is 5.21 Å². The Balaban J connectivity index is 1.79. The minimum Gasteiger partial charge on any atom is -0.313 e. The molecule has 22 heavy (non-hydrogen) atoms. The lowest BCUT2D eigenvalue weighted by atomic mass is 10.1. The van der Waals surface area contributed by atoms with Gasteiger partial charge in [-0.2, -0.15) is 5.06 Å². The monoisotopic (exact) mass is 310 g/mol. The lowest BCUT2D eigenvalue weighted by Crippen LogP contribution is -2.26. The van der Waals surface area contributed by atoms with E-state index in [1.165, 1.54) is 10.6 Å². The first kappa shape index (κ1) is 14.9. The number of aromatic nitrogens is 1. The van der Waals surface area contributed by atoms with Crippen molar-refractivity contribution in [2.75, 3.05) is 0 Å². The molecule has 3 aromatic rings. The van der Waals surface area contributed by atoms with Crippen LogP contribution in [0.1, 0.15) is 22.2 Å². The zero-order chi connectivity index (χ0) is 15.2. The summed E-state index contributed by atoms with van der Waals surface area (Å²) in [4.78, 5) is 4.39. The minimum atomic E-state index is -0.136. The maximum Gasteiger partial charge on any atom is 0.112 e. The van der Waals surface area contributed by atoms with Crippen molar-refractivity contribution < 1.29 is 5.21 Å². The van der Waals surface area contributed by atoms with Crippen LogP contribution in [-0.4, -0.2) is 15.3 Å². The molecule has 1 aromatic heterocycles. The number of nitrogens with zero attached hydrogens (tertiary/aromatic N) is 2. The molecule has 3 nitrogen and oxygen atoms in total. The Hall–Kier alpha value is -2.01. The Kier molecular flexibility index (Phi) is 4.96. The van der Waals surface area contributed by atoms with Crippen LogP contribution in [0.15, 0.2) is 72.2 Å². The summed E-state index contributed by atoms with van der Waals surface area (Å²) in [6, 6.07) is 20.1. The maximum atomic E-state index is 10.6. The van der Waals surface area contributed by atoms with Gasteiger partial charge in [-0.15, -0.1) is 11.3 Å². The first-order valence-corrected chi connectivity index (χ1v) is 8.13. The molecule has 0 saturated heterocycles. The molecule has 0 unspecified atom stereocenters. The third-order valence-electron chi connectivity index (χ3n) is 3.56. The van der Waals surface area contributed by atoms with Gasteiger partial charge in [0, 0.05) is 18.1 Å². The molecule has 1 heterocycles. The number of hydroxylamine groups is 2. The second kappa shape index (κ2) is 7.31. The molecular weight excluding hydrogens is 292 g/mol. The fraction of sp³-hybridized carbons (Fsp3) is 0.167. The van der Waals surface area contributed by atoms with Crippen LogP contribution in [0.3, 0.4) is 0 Å². The Morgan fingerprint density at radius 2 is 1.59 bits per heavy atom. The topological polar surface area (TPSA) is 36.4 Å². The number of rotatable bonds is 6. The van der Waals surface area contributed by atoms with Crippen molar-refractivity contribution in [1.29, 1.82) is 0 Å². The second-order valence-electron chi connectivity index (χ2n) is 5.16. The predicted octanol–water partition coefficient (Wildman–Crippen LogP) is 4.32. The van der Waals surface area contributed by atoms with E-state index in [4.69, 9.17) is 0 Å². The highest BCUT2D eigenvalue weighted by Gasteiger charge is 2.22. The quantitative estimate of drug-likeness (QED) is 0.689. The van der Waals surface area contributed by atoms with Gasteiger partial charge in [0.1, 0.15) is 5.01 Å². The van der Waals surface area contributed by atoms with E-state index in [1.807, 2.05) is 53.9 Å². The first-order valence-electron chi connectivity index (χ1n) is 7.25. The lowest BCUT2D eigenvalue weighted by molar-refractivity contribution is -0.137. The predicted molar refractivity (Wildman–Crippen MR) is 88.8 cm³/mol. The largest absolute Gasteiger partial charge is 0.313 e. The van der Waals surface area contributed by atoms with Crippen molar-refractivity contribution in [1.82, 2.24) is 10.0 Å². The van der Waals surface area contributed by atoms with Crippen molar-refractivity contribution in [2.45, 2.75) is 19.0 Å². The molecule has 0 aliphatic heterocycles. The Labute approximate surface area is 134 Å². The molecule has 0 radical (unpaired) electrons. The van der Waals surface area contributed by atoms with Gasteiger partial charge in [-0.3, -0.25) is 0 Å². The fourth-order valence-electron chi connectivity index (χ4n) is 2.44. The van der Waals surface area contributed by atoms with Crippen molar-refractivity contribution >= 4 is 11.3 Å². The highest BCUT2D eigenvalue weighted by Crippen LogP contribution is 2.26. The van der Waals surface area contributed by atoms with E-state index in [0.29, 0.717) is 6.54 Å². The van der Waals surface area contributed by atoms with Crippen molar-refractivity contribution in [3.8, 4) is 0 Å². The molecule has 0 amide bonds. The van der Waals surface area contributed by atoms with Crippen LogP contribution >= 0.6 is 11.3 Å². The Morgan fingerprint density at radius 1 is 0.955 bits per heavy atom. The van der Waals surface area contributed by atoms with Gasteiger partial charge in [0.05, 0.1) is 6.04 Å². The molecule has 0 spiro atoms. The molecule has 112 valence electrons. The van der Waals surface area contributed by atoms with Gasteiger partial charge in [0.25, 0.3) is 0 Å². The second-order valence-corrected chi connectivity index (χ2v) is 6.09. The lowest BCUT2D eigenvalue weighted by Gasteiger charge is -2.24. The van der Waals surface area contributed by atoms with E-state index in [9.17, 15) is 5.21 Å². The first-order chi connectivity index (χ1) is 10.8. The molecule has 0 saturated carbocycles. The van der Waals surface area contributed by atoms with Crippen LogP contribution in [0.25, 0.3) is 0 Å². The van der Waals surface area contributed by atoms with Crippen molar-refractivity contribution in [2.24, 2.45) is 0 Å². The molecule has 0 fully saturated rings. The van der Waals surface area contributed by atoms with Gasteiger partial charge >= 0.3 is 0 Å². The van der Waals surface area contributed by atoms with E-state index in [-0.39, 0.29) is 6.04 Å². The molecule has 1 atom stereocenters. The Bertz CT molecular complexity index is 671. The van der Waals surface area contributed by atoms with E-state index >= 15 is 0 Å². The van der Waals surface area contributed by atoms with Gasteiger partial charge in [-0.1, -0.05) is 60.7 Å². The van der Waals surface area contributed by atoms with Crippen molar-refractivity contribution in [3.63, 3.8) is 0 Å². The SMILES string of the molecule is ON(Cc1ccccc1)[C@@H](Cc1ccccc1)c1nccs1. The number of benzene rings is 2. The normalized spacial score (nSPS) is 12.5. The van der Waals surface area contributed by atoms with E-state index in [2.05, 4.69) is 17.1 Å². The number of hydrogen-bond acceptors (Lipinski definition) is 4. The molecule has 2 aromatic carbocycles. The average Bonchev–Trinajstić information content (AvgIpc) is 3.08. The maximum absolute atomic E-state index is 10.6. The zero-order valence-corrected chi connectivity index (χ0v) is 13.0. The highest BCUT2D eigenvalue weighted by molar-refractivity contribution is 7.09. The van der Waals surface area contributed by atoms with Crippen LogP contribution < -0.4 is 0 Å². The summed E-state index contributed by atoms with van der Waals surface area (Å²) in [5, 5.41) is 14.9. The summed E-state index contributed by atoms with van der Waals surface area (Å²) in [5.74, 6) is 0. The summed E-state index contributed by atoms with van der Waals surface area (Å²) in [6.45, 7) is 0.484. The summed E-state index contributed by atoms with van der Waals surface area (Å²) in [7, 11) is 0. The van der Waals surface area contributed by atoms with E-state index < -0.39 is 0 Å². The summed E-state index contributed by atoms with van der Waals surface area (Å²) < 4.78 is 0. The molecule has 4 heteroatoms. The molecule has 0 bridgehead atoms. The fourth-order valence-corrected chi connectivity index (χ4v) is 3.18. The highest BCUT2D eigenvalue weighted by atomic mass is 32.1. The van der Waals surface area contributed by atoms with Crippen LogP contribution in [-0.2, 0) is 13.0 Å². The summed E-state index contributed by atoms with van der Waals surface area (Å²) in [6.07, 6.45) is 2.52. The third kappa shape index (κ3) is 3.80. The summed E-state index contributed by atoms with van der Waals surface area (Å²) in [5.41, 5.74) is 2.27. The molecule has 0 aliphatic carbocycles. The van der Waals surface area contributed by atoms with Crippen LogP contribution in [0.2, 0.25) is 0 Å². The molecule has 0 aliphatic rings.